The lowest BCUT2D eigenvalue weighted by molar-refractivity contribution is 0.0677. The molecule has 0 aliphatic heterocycles. The van der Waals surface area contributed by atoms with Crippen LogP contribution in [0.1, 0.15) is 61.8 Å². The first kappa shape index (κ1) is 27.2. The second kappa shape index (κ2) is 12.1. The molecule has 1 heterocycles. The Labute approximate surface area is 231 Å². The summed E-state index contributed by atoms with van der Waals surface area (Å²) < 4.78 is 1.55. The first-order valence-electron chi connectivity index (χ1n) is 12.4. The number of para-hydroxylation sites is 1. The van der Waals surface area contributed by atoms with Gasteiger partial charge in [0.2, 0.25) is 0 Å². The number of carbonyl (C=O) groups excluding carboxylic acids is 1. The molecule has 0 radical (unpaired) electrons. The van der Waals surface area contributed by atoms with Crippen LogP contribution in [0.25, 0.3) is 16.6 Å². The molecule has 3 aromatic carbocycles. The molecule has 1 unspecified atom stereocenters. The number of hydrogen-bond acceptors (Lipinski definition) is 3. The molecule has 1 atom stereocenters. The summed E-state index contributed by atoms with van der Waals surface area (Å²) in [6.45, 7) is 4.51. The molecule has 5 nitrogen and oxygen atoms in total. The molecule has 1 amide bonds. The van der Waals surface area contributed by atoms with E-state index in [1.165, 1.54) is 0 Å². The van der Waals surface area contributed by atoms with Gasteiger partial charge in [0, 0.05) is 16.6 Å². The van der Waals surface area contributed by atoms with Gasteiger partial charge in [-0.3, -0.25) is 14.2 Å². The zero-order chi connectivity index (χ0) is 26.5. The van der Waals surface area contributed by atoms with Crippen molar-refractivity contribution in [1.82, 2.24) is 14.5 Å². The molecule has 0 N–H and O–H groups in total. The molecular weight excluding hydrogens is 529 g/mol. The number of fused-ring (bicyclic) bond motifs is 1. The lowest BCUT2D eigenvalue weighted by Crippen LogP contribution is -2.38. The predicted molar refractivity (Wildman–Crippen MR) is 152 cm³/mol. The van der Waals surface area contributed by atoms with E-state index in [4.69, 9.17) is 39.8 Å². The monoisotopic (exact) mass is 555 g/mol. The number of carbonyl (C=O) groups is 1. The normalized spacial score (nSPS) is 12.0. The molecule has 4 aromatic rings. The quantitative estimate of drug-likeness (QED) is 0.196. The maximum Gasteiger partial charge on any atom is 0.266 e. The third-order valence-corrected chi connectivity index (χ3v) is 7.17. The molecule has 37 heavy (non-hydrogen) atoms. The number of amides is 1. The molecule has 0 spiro atoms. The molecule has 0 bridgehead atoms. The highest BCUT2D eigenvalue weighted by Gasteiger charge is 2.28. The van der Waals surface area contributed by atoms with E-state index in [1.807, 2.05) is 25.1 Å². The van der Waals surface area contributed by atoms with E-state index in [-0.39, 0.29) is 16.5 Å². The maximum absolute atomic E-state index is 13.9. The molecule has 0 saturated heterocycles. The zero-order valence-corrected chi connectivity index (χ0v) is 23.0. The highest BCUT2D eigenvalue weighted by atomic mass is 35.5. The van der Waals surface area contributed by atoms with Crippen LogP contribution in [0.2, 0.25) is 15.1 Å². The third-order valence-electron chi connectivity index (χ3n) is 6.38. The van der Waals surface area contributed by atoms with Crippen LogP contribution in [0, 0.1) is 0 Å². The highest BCUT2D eigenvalue weighted by Crippen LogP contribution is 2.29. The van der Waals surface area contributed by atoms with Crippen LogP contribution in [0.4, 0.5) is 0 Å². The van der Waals surface area contributed by atoms with Gasteiger partial charge in [0.15, 0.2) is 0 Å². The average Bonchev–Trinajstić information content (AvgIpc) is 2.88. The highest BCUT2D eigenvalue weighted by molar-refractivity contribution is 6.36. The van der Waals surface area contributed by atoms with Crippen LogP contribution in [-0.2, 0) is 0 Å². The Morgan fingerprint density at radius 1 is 0.946 bits per heavy atom. The molecule has 0 aliphatic rings. The van der Waals surface area contributed by atoms with E-state index in [0.717, 1.165) is 25.7 Å². The second-order valence-corrected chi connectivity index (χ2v) is 10.2. The van der Waals surface area contributed by atoms with Crippen LogP contribution >= 0.6 is 34.8 Å². The standard InChI is InChI=1S/C29H28Cl3N3O2/c1-3-4-5-8-16-34(28(36)23-15-14-21(31)18-25(23)32)19(2)27-33-26-13-7-6-12-24(26)29(37)35(27)22-11-9-10-20(30)17-22/h6-7,9-15,17-19H,3-5,8,16H2,1-2H3. The first-order chi connectivity index (χ1) is 17.8. The number of benzene rings is 3. The number of rotatable bonds is 9. The summed E-state index contributed by atoms with van der Waals surface area (Å²) in [6, 6.07) is 18.6. The van der Waals surface area contributed by atoms with Crippen molar-refractivity contribution in [3.63, 3.8) is 0 Å². The molecule has 0 fully saturated rings. The van der Waals surface area contributed by atoms with Crippen LogP contribution < -0.4 is 5.56 Å². The van der Waals surface area contributed by atoms with Gasteiger partial charge in [0.25, 0.3) is 11.5 Å². The predicted octanol–water partition coefficient (Wildman–Crippen LogP) is 8.13. The van der Waals surface area contributed by atoms with E-state index < -0.39 is 6.04 Å². The summed E-state index contributed by atoms with van der Waals surface area (Å²) in [4.78, 5) is 34.3. The Bertz CT molecular complexity index is 1490. The minimum absolute atomic E-state index is 0.224. The van der Waals surface area contributed by atoms with Crippen LogP contribution in [-0.4, -0.2) is 26.9 Å². The van der Waals surface area contributed by atoms with Gasteiger partial charge in [-0.2, -0.15) is 0 Å². The van der Waals surface area contributed by atoms with Crippen LogP contribution in [0.3, 0.4) is 0 Å². The largest absolute Gasteiger partial charge is 0.329 e. The summed E-state index contributed by atoms with van der Waals surface area (Å²) in [5.74, 6) is 0.200. The van der Waals surface area contributed by atoms with Crippen molar-refractivity contribution >= 4 is 51.6 Å². The SMILES string of the molecule is CCCCCCN(C(=O)c1ccc(Cl)cc1Cl)C(C)c1nc2ccccc2c(=O)n1-c1cccc(Cl)c1. The summed E-state index contributed by atoms with van der Waals surface area (Å²) in [5.41, 5.74) is 1.28. The van der Waals surface area contributed by atoms with E-state index in [1.54, 1.807) is 58.0 Å². The fraction of sp³-hybridized carbons (Fsp3) is 0.276. The van der Waals surface area contributed by atoms with Crippen molar-refractivity contribution in [1.29, 1.82) is 0 Å². The van der Waals surface area contributed by atoms with Crippen molar-refractivity contribution in [3.8, 4) is 5.69 Å². The fourth-order valence-corrected chi connectivity index (χ4v) is 5.11. The van der Waals surface area contributed by atoms with Crippen molar-refractivity contribution < 1.29 is 4.79 Å². The molecule has 8 heteroatoms. The zero-order valence-electron chi connectivity index (χ0n) is 20.8. The van der Waals surface area contributed by atoms with Gasteiger partial charge < -0.3 is 4.90 Å². The van der Waals surface area contributed by atoms with Crippen molar-refractivity contribution in [2.75, 3.05) is 6.54 Å². The number of hydrogen-bond donors (Lipinski definition) is 0. The van der Waals surface area contributed by atoms with Crippen molar-refractivity contribution in [2.24, 2.45) is 0 Å². The molecule has 192 valence electrons. The number of nitrogens with zero attached hydrogens (tertiary/aromatic N) is 3. The number of unbranched alkanes of at least 4 members (excludes halogenated alkanes) is 3. The fourth-order valence-electron chi connectivity index (χ4n) is 4.43. The van der Waals surface area contributed by atoms with Gasteiger partial charge in [-0.05, 0) is 61.9 Å². The van der Waals surface area contributed by atoms with Crippen LogP contribution in [0.5, 0.6) is 0 Å². The summed E-state index contributed by atoms with van der Waals surface area (Å²) in [5, 5.41) is 1.72. The lowest BCUT2D eigenvalue weighted by atomic mass is 10.1. The van der Waals surface area contributed by atoms with Crippen molar-refractivity contribution in [2.45, 2.75) is 45.6 Å². The molecular formula is C29H28Cl3N3O2. The topological polar surface area (TPSA) is 55.2 Å². The minimum Gasteiger partial charge on any atom is -0.329 e. The Hall–Kier alpha value is -2.86. The van der Waals surface area contributed by atoms with Gasteiger partial charge in [-0.1, -0.05) is 79.2 Å². The number of aromatic nitrogens is 2. The summed E-state index contributed by atoms with van der Waals surface area (Å²) in [6.07, 6.45) is 3.93. The van der Waals surface area contributed by atoms with E-state index in [9.17, 15) is 9.59 Å². The van der Waals surface area contributed by atoms with Crippen LogP contribution in [0.15, 0.2) is 71.5 Å². The van der Waals surface area contributed by atoms with Gasteiger partial charge >= 0.3 is 0 Å². The Morgan fingerprint density at radius 2 is 1.70 bits per heavy atom. The van der Waals surface area contributed by atoms with Gasteiger partial charge in [0.05, 0.1) is 33.2 Å². The Morgan fingerprint density at radius 3 is 2.43 bits per heavy atom. The Balaban J connectivity index is 1.87. The van der Waals surface area contributed by atoms with E-state index in [2.05, 4.69) is 6.92 Å². The van der Waals surface area contributed by atoms with Gasteiger partial charge in [-0.15, -0.1) is 0 Å². The lowest BCUT2D eigenvalue weighted by Gasteiger charge is -2.31. The third kappa shape index (κ3) is 6.01. The first-order valence-corrected chi connectivity index (χ1v) is 13.5. The molecule has 1 aromatic heterocycles. The van der Waals surface area contributed by atoms with E-state index in [0.29, 0.717) is 44.6 Å². The molecule has 0 saturated carbocycles. The number of halogens is 3. The van der Waals surface area contributed by atoms with Crippen molar-refractivity contribution in [3.05, 3.63) is 104 Å². The summed E-state index contributed by atoms with van der Waals surface area (Å²) in [7, 11) is 0. The average molecular weight is 557 g/mol. The minimum atomic E-state index is -0.544. The summed E-state index contributed by atoms with van der Waals surface area (Å²) >= 11 is 18.8. The molecule has 0 aliphatic carbocycles. The molecule has 4 rings (SSSR count). The second-order valence-electron chi connectivity index (χ2n) is 8.97. The maximum atomic E-state index is 13.9. The van der Waals surface area contributed by atoms with E-state index >= 15 is 0 Å². The van der Waals surface area contributed by atoms with Gasteiger partial charge in [-0.25, -0.2) is 4.98 Å². The smallest absolute Gasteiger partial charge is 0.266 e. The Kier molecular flexibility index (Phi) is 8.91. The van der Waals surface area contributed by atoms with Gasteiger partial charge in [0.1, 0.15) is 5.82 Å².